The van der Waals surface area contributed by atoms with E-state index < -0.39 is 0 Å². The summed E-state index contributed by atoms with van der Waals surface area (Å²) < 4.78 is 16.1. The molecule has 0 rings (SSSR count). The molecule has 1 N–H and O–H groups in total. The van der Waals surface area contributed by atoms with E-state index in [0.29, 0.717) is 59.0 Å². The van der Waals surface area contributed by atoms with E-state index in [2.05, 4.69) is 48.7 Å². The van der Waals surface area contributed by atoms with Crippen LogP contribution in [0.4, 0.5) is 0 Å². The van der Waals surface area contributed by atoms with Gasteiger partial charge in [-0.3, -0.25) is 9.59 Å². The van der Waals surface area contributed by atoms with E-state index in [0.717, 1.165) is 38.5 Å². The molecule has 0 aromatic rings. The molecule has 0 radical (unpaired) electrons. The lowest BCUT2D eigenvalue weighted by atomic mass is 10.1. The molecule has 0 aliphatic carbocycles. The van der Waals surface area contributed by atoms with Crippen LogP contribution >= 0.6 is 0 Å². The normalized spacial score (nSPS) is 11.3. The van der Waals surface area contributed by atoms with Crippen LogP contribution in [0.3, 0.4) is 0 Å². The predicted molar refractivity (Wildman–Crippen MR) is 151 cm³/mol. The van der Waals surface area contributed by atoms with Crippen LogP contribution in [0, 0.1) is 0 Å². The Morgan fingerprint density at radius 1 is 0.639 bits per heavy atom. The number of allylic oxidation sites excluding steroid dienone is 6. The zero-order chi connectivity index (χ0) is 27.0. The van der Waals surface area contributed by atoms with E-state index in [-0.39, 0.29) is 11.7 Å². The largest absolute Gasteiger partial charge is 0.379 e. The molecule has 0 aromatic carbocycles. The molecule has 0 spiro atoms. The minimum Gasteiger partial charge on any atom is -0.379 e. The van der Waals surface area contributed by atoms with Gasteiger partial charge >= 0.3 is 0 Å². The molecule has 6 heteroatoms. The van der Waals surface area contributed by atoms with Gasteiger partial charge in [-0.1, -0.05) is 76.5 Å². The van der Waals surface area contributed by atoms with E-state index in [9.17, 15) is 9.59 Å². The van der Waals surface area contributed by atoms with Crippen LogP contribution in [0.15, 0.2) is 36.5 Å². The van der Waals surface area contributed by atoms with Crippen LogP contribution in [0.25, 0.3) is 0 Å². The highest BCUT2D eigenvalue weighted by atomic mass is 16.5. The molecule has 1 amide bonds. The Kier molecular flexibility index (Phi) is 33.6. The zero-order valence-electron chi connectivity index (χ0n) is 23.7. The number of ether oxygens (including phenoxy) is 3. The van der Waals surface area contributed by atoms with Gasteiger partial charge in [0.25, 0.3) is 0 Å². The van der Waals surface area contributed by atoms with Gasteiger partial charge in [-0.15, -0.1) is 0 Å². The highest BCUT2D eigenvalue weighted by Gasteiger charge is 2.00. The van der Waals surface area contributed by atoms with Crippen LogP contribution in [0.2, 0.25) is 0 Å². The maximum Gasteiger partial charge on any atom is 0.220 e. The quantitative estimate of drug-likeness (QED) is 0.109. The second-order valence-corrected chi connectivity index (χ2v) is 8.24. The summed E-state index contributed by atoms with van der Waals surface area (Å²) >= 11 is 0. The Bertz CT molecular complexity index is 558. The summed E-state index contributed by atoms with van der Waals surface area (Å²) in [4.78, 5) is 22.6. The molecule has 0 fully saturated rings. The molecule has 0 saturated carbocycles. The van der Waals surface area contributed by atoms with Gasteiger partial charge in [0, 0.05) is 19.4 Å². The van der Waals surface area contributed by atoms with E-state index >= 15 is 0 Å². The number of hydrogen-bond acceptors (Lipinski definition) is 5. The average molecular weight is 510 g/mol. The first kappa shape index (κ1) is 36.4. The number of unbranched alkanes of at least 4 members (excludes halogenated alkanes) is 5. The summed E-state index contributed by atoms with van der Waals surface area (Å²) in [6.07, 6.45) is 24.4. The molecule has 0 aliphatic rings. The lowest BCUT2D eigenvalue weighted by Crippen LogP contribution is -2.27. The van der Waals surface area contributed by atoms with Crippen molar-refractivity contribution >= 4 is 11.7 Å². The smallest absolute Gasteiger partial charge is 0.220 e. The molecule has 0 unspecified atom stereocenters. The molecular formula is C30H55NO5. The van der Waals surface area contributed by atoms with Crippen molar-refractivity contribution in [3.63, 3.8) is 0 Å². The summed E-state index contributed by atoms with van der Waals surface area (Å²) in [5.41, 5.74) is 0. The summed E-state index contributed by atoms with van der Waals surface area (Å²) in [5, 5.41) is 2.90. The molecule has 0 heterocycles. The molecule has 0 bridgehead atoms. The summed E-state index contributed by atoms with van der Waals surface area (Å²) in [5.74, 6) is 0.231. The Hall–Kier alpha value is -1.76. The highest BCUT2D eigenvalue weighted by molar-refractivity contribution is 5.75. The molecule has 0 aliphatic heterocycles. The first-order valence-corrected chi connectivity index (χ1v) is 14.1. The number of rotatable bonds is 25. The van der Waals surface area contributed by atoms with Crippen molar-refractivity contribution in [3.8, 4) is 0 Å². The van der Waals surface area contributed by atoms with Gasteiger partial charge in [0.2, 0.25) is 5.91 Å². The van der Waals surface area contributed by atoms with Crippen molar-refractivity contribution in [3.05, 3.63) is 36.5 Å². The van der Waals surface area contributed by atoms with Gasteiger partial charge < -0.3 is 19.5 Å². The first-order valence-electron chi connectivity index (χ1n) is 14.1. The summed E-state index contributed by atoms with van der Waals surface area (Å²) in [7, 11) is 0. The molecule has 0 aromatic heterocycles. The van der Waals surface area contributed by atoms with E-state index in [1.807, 2.05) is 13.8 Å². The third-order valence-electron chi connectivity index (χ3n) is 4.97. The summed E-state index contributed by atoms with van der Waals surface area (Å²) in [6.45, 7) is 11.1. The van der Waals surface area contributed by atoms with Gasteiger partial charge in [0.15, 0.2) is 0 Å². The second-order valence-electron chi connectivity index (χ2n) is 8.24. The van der Waals surface area contributed by atoms with Gasteiger partial charge in [-0.25, -0.2) is 0 Å². The van der Waals surface area contributed by atoms with Crippen LogP contribution in [0.5, 0.6) is 0 Å². The second kappa shape index (κ2) is 33.2. The number of carbonyl (C=O) groups is 2. The number of amides is 1. The van der Waals surface area contributed by atoms with Crippen LogP contribution in [0.1, 0.15) is 98.3 Å². The van der Waals surface area contributed by atoms with E-state index in [1.54, 1.807) is 6.92 Å². The SMILES string of the molecule is CC.CC/C=C\C/C=C\C/C=C\CCCCCCCC(=O)NCCOCCOCCOCCC(C)=O. The van der Waals surface area contributed by atoms with E-state index in [4.69, 9.17) is 14.2 Å². The molecule has 6 nitrogen and oxygen atoms in total. The van der Waals surface area contributed by atoms with Crippen molar-refractivity contribution in [1.82, 2.24) is 5.32 Å². The van der Waals surface area contributed by atoms with Crippen LogP contribution in [-0.2, 0) is 23.8 Å². The predicted octanol–water partition coefficient (Wildman–Crippen LogP) is 6.75. The Morgan fingerprint density at radius 3 is 1.81 bits per heavy atom. The monoisotopic (exact) mass is 509 g/mol. The minimum atomic E-state index is 0.101. The number of nitrogens with one attached hydrogen (secondary N) is 1. The van der Waals surface area contributed by atoms with E-state index in [1.165, 1.54) is 19.3 Å². The molecule has 0 saturated heterocycles. The Balaban J connectivity index is 0. The zero-order valence-corrected chi connectivity index (χ0v) is 23.7. The molecule has 0 atom stereocenters. The summed E-state index contributed by atoms with van der Waals surface area (Å²) in [6, 6.07) is 0. The van der Waals surface area contributed by atoms with Crippen LogP contribution < -0.4 is 5.32 Å². The maximum absolute atomic E-state index is 11.8. The fourth-order valence-electron chi connectivity index (χ4n) is 3.01. The fourth-order valence-corrected chi connectivity index (χ4v) is 3.01. The third kappa shape index (κ3) is 34.4. The van der Waals surface area contributed by atoms with Crippen molar-refractivity contribution in [2.24, 2.45) is 0 Å². The third-order valence-corrected chi connectivity index (χ3v) is 4.97. The number of ketones is 1. The fraction of sp³-hybridized carbons (Fsp3) is 0.733. The Morgan fingerprint density at radius 2 is 1.17 bits per heavy atom. The van der Waals surface area contributed by atoms with Gasteiger partial charge in [-0.05, 0) is 45.4 Å². The topological polar surface area (TPSA) is 73.9 Å². The molecule has 36 heavy (non-hydrogen) atoms. The van der Waals surface area contributed by atoms with Crippen molar-refractivity contribution in [1.29, 1.82) is 0 Å². The minimum absolute atomic E-state index is 0.101. The van der Waals surface area contributed by atoms with Crippen molar-refractivity contribution in [2.45, 2.75) is 98.3 Å². The maximum atomic E-state index is 11.8. The number of carbonyl (C=O) groups excluding carboxylic acids is 2. The van der Waals surface area contributed by atoms with Crippen LogP contribution in [-0.4, -0.2) is 57.9 Å². The lowest BCUT2D eigenvalue weighted by molar-refractivity contribution is -0.121. The van der Waals surface area contributed by atoms with Gasteiger partial charge in [-0.2, -0.15) is 0 Å². The standard InChI is InChI=1S/C28H49NO5.C2H6/c1-3-4-5-6-7-8-9-10-11-12-13-14-15-16-17-18-28(31)29-20-22-33-24-26-34-25-23-32-21-19-27(2)30;1-2/h4-5,7-8,10-11H,3,6,9,12-26H2,1-2H3,(H,29,31);1-2H3/b5-4-,8-7-,11-10-;. The first-order chi connectivity index (χ1) is 17.7. The van der Waals surface area contributed by atoms with Crippen molar-refractivity contribution in [2.75, 3.05) is 46.2 Å². The molecular weight excluding hydrogens is 454 g/mol. The Labute approximate surface area is 221 Å². The highest BCUT2D eigenvalue weighted by Crippen LogP contribution is 2.08. The van der Waals surface area contributed by atoms with Crippen molar-refractivity contribution < 1.29 is 23.8 Å². The van der Waals surface area contributed by atoms with Gasteiger partial charge in [0.1, 0.15) is 5.78 Å². The number of hydrogen-bond donors (Lipinski definition) is 1. The lowest BCUT2D eigenvalue weighted by Gasteiger charge is -2.08. The van der Waals surface area contributed by atoms with Gasteiger partial charge in [0.05, 0.1) is 39.6 Å². The average Bonchev–Trinajstić information content (AvgIpc) is 2.88. The molecule has 210 valence electrons. The number of Topliss-reactive ketones (excluding diaryl/α,β-unsaturated/α-hetero) is 1.